The molecule has 1 rings (SSSR count). The van der Waals surface area contributed by atoms with E-state index in [4.69, 9.17) is 11.6 Å². The molecule has 0 radical (unpaired) electrons. The van der Waals surface area contributed by atoms with E-state index in [1.165, 1.54) is 0 Å². The molecule has 0 unspecified atom stereocenters. The fraction of sp³-hybridized carbons (Fsp3) is 0.462. The molecule has 20 heavy (non-hydrogen) atoms. The summed E-state index contributed by atoms with van der Waals surface area (Å²) in [5.41, 5.74) is 0.531. The van der Waals surface area contributed by atoms with Gasteiger partial charge in [0.2, 0.25) is 15.9 Å². The van der Waals surface area contributed by atoms with E-state index in [0.29, 0.717) is 17.1 Å². The number of carbonyl (C=O) groups is 1. The summed E-state index contributed by atoms with van der Waals surface area (Å²) in [4.78, 5) is 11.5. The molecule has 0 aliphatic heterocycles. The van der Waals surface area contributed by atoms with E-state index in [9.17, 15) is 13.2 Å². The number of likely N-dealkylation sites (N-methyl/N-ethyl adjacent to an activating group) is 2. The number of nitrogens with zero attached hydrogens (tertiary/aromatic N) is 1. The van der Waals surface area contributed by atoms with Crippen LogP contribution >= 0.6 is 11.6 Å². The van der Waals surface area contributed by atoms with Crippen LogP contribution in [0, 0.1) is 0 Å². The van der Waals surface area contributed by atoms with Gasteiger partial charge < -0.3 is 5.32 Å². The predicted molar refractivity (Wildman–Crippen MR) is 80.0 cm³/mol. The average molecular weight is 319 g/mol. The minimum atomic E-state index is -3.57. The second-order valence-corrected chi connectivity index (χ2v) is 6.60. The first kappa shape index (κ1) is 16.9. The van der Waals surface area contributed by atoms with Crippen molar-refractivity contribution in [2.24, 2.45) is 0 Å². The molecule has 1 N–H and O–H groups in total. The molecule has 0 aliphatic carbocycles. The molecule has 0 aliphatic rings. The third-order valence-corrected chi connectivity index (χ3v) is 4.95. The topological polar surface area (TPSA) is 66.5 Å². The fourth-order valence-electron chi connectivity index (χ4n) is 1.72. The van der Waals surface area contributed by atoms with Gasteiger partial charge in [-0.3, -0.25) is 4.79 Å². The Bertz CT molecular complexity index is 560. The Balaban J connectivity index is 2.85. The zero-order valence-corrected chi connectivity index (χ0v) is 13.2. The maximum Gasteiger partial charge on any atom is 0.235 e. The monoisotopic (exact) mass is 318 g/mol. The van der Waals surface area contributed by atoms with Crippen LogP contribution in [0.15, 0.2) is 24.3 Å². The van der Waals surface area contributed by atoms with Crippen molar-refractivity contribution in [2.45, 2.75) is 19.6 Å². The summed E-state index contributed by atoms with van der Waals surface area (Å²) in [6.45, 7) is 4.03. The molecule has 1 aromatic rings. The second-order valence-electron chi connectivity index (χ2n) is 4.23. The van der Waals surface area contributed by atoms with E-state index in [1.807, 2.05) is 0 Å². The van der Waals surface area contributed by atoms with Gasteiger partial charge in [-0.15, -0.1) is 0 Å². The van der Waals surface area contributed by atoms with Crippen LogP contribution in [0.3, 0.4) is 0 Å². The van der Waals surface area contributed by atoms with Crippen molar-refractivity contribution in [1.29, 1.82) is 0 Å². The summed E-state index contributed by atoms with van der Waals surface area (Å²) in [7, 11) is -3.57. The number of hydrogen-bond donors (Lipinski definition) is 1. The van der Waals surface area contributed by atoms with Crippen molar-refractivity contribution < 1.29 is 13.2 Å². The number of hydrogen-bond acceptors (Lipinski definition) is 3. The van der Waals surface area contributed by atoms with Gasteiger partial charge in [0, 0.05) is 18.1 Å². The standard InChI is InChI=1S/C13H19ClN2O3S/c1-3-15-13(17)9-16(4-2)20(18,19)10-11-7-5-6-8-12(11)14/h5-8H,3-4,9-10H2,1-2H3,(H,15,17). The summed E-state index contributed by atoms with van der Waals surface area (Å²) in [6.07, 6.45) is 0. The number of carbonyl (C=O) groups excluding carboxylic acids is 1. The van der Waals surface area contributed by atoms with Gasteiger partial charge in [-0.1, -0.05) is 36.7 Å². The molecule has 0 bridgehead atoms. The van der Waals surface area contributed by atoms with Crippen LogP contribution in [-0.4, -0.2) is 38.3 Å². The van der Waals surface area contributed by atoms with Crippen molar-refractivity contribution in [3.05, 3.63) is 34.9 Å². The minimum Gasteiger partial charge on any atom is -0.355 e. The second kappa shape index (κ2) is 7.61. The third kappa shape index (κ3) is 4.77. The SMILES string of the molecule is CCNC(=O)CN(CC)S(=O)(=O)Cc1ccccc1Cl. The van der Waals surface area contributed by atoms with E-state index < -0.39 is 10.0 Å². The van der Waals surface area contributed by atoms with Crippen LogP contribution in [0.1, 0.15) is 19.4 Å². The van der Waals surface area contributed by atoms with E-state index in [1.54, 1.807) is 38.1 Å². The number of amides is 1. The lowest BCUT2D eigenvalue weighted by Gasteiger charge is -2.20. The lowest BCUT2D eigenvalue weighted by atomic mass is 10.2. The number of rotatable bonds is 7. The Morgan fingerprint density at radius 3 is 2.50 bits per heavy atom. The number of halogens is 1. The van der Waals surface area contributed by atoms with E-state index in [0.717, 1.165) is 4.31 Å². The number of benzene rings is 1. The maximum atomic E-state index is 12.3. The Hall–Kier alpha value is -1.11. The van der Waals surface area contributed by atoms with E-state index in [-0.39, 0.29) is 24.7 Å². The first-order chi connectivity index (χ1) is 9.40. The third-order valence-electron chi connectivity index (χ3n) is 2.74. The summed E-state index contributed by atoms with van der Waals surface area (Å²) in [5, 5.41) is 2.99. The molecule has 1 amide bonds. The van der Waals surface area contributed by atoms with Crippen LogP contribution < -0.4 is 5.32 Å². The quantitative estimate of drug-likeness (QED) is 0.831. The molecule has 0 spiro atoms. The minimum absolute atomic E-state index is 0.170. The van der Waals surface area contributed by atoms with Gasteiger partial charge in [0.1, 0.15) is 0 Å². The molecule has 0 saturated carbocycles. The summed E-state index contributed by atoms with van der Waals surface area (Å²) in [5.74, 6) is -0.517. The predicted octanol–water partition coefficient (Wildman–Crippen LogP) is 1.63. The first-order valence-corrected chi connectivity index (χ1v) is 8.37. The van der Waals surface area contributed by atoms with E-state index >= 15 is 0 Å². The zero-order chi connectivity index (χ0) is 15.2. The zero-order valence-electron chi connectivity index (χ0n) is 11.6. The smallest absolute Gasteiger partial charge is 0.235 e. The van der Waals surface area contributed by atoms with Crippen molar-refractivity contribution in [2.75, 3.05) is 19.6 Å². The maximum absolute atomic E-state index is 12.3. The highest BCUT2D eigenvalue weighted by Gasteiger charge is 2.24. The van der Waals surface area contributed by atoms with Crippen LogP contribution in [0.25, 0.3) is 0 Å². The largest absolute Gasteiger partial charge is 0.355 e. The molecular weight excluding hydrogens is 300 g/mol. The average Bonchev–Trinajstić information content (AvgIpc) is 2.38. The van der Waals surface area contributed by atoms with Crippen molar-refractivity contribution in [1.82, 2.24) is 9.62 Å². The van der Waals surface area contributed by atoms with Gasteiger partial charge in [-0.05, 0) is 18.6 Å². The number of sulfonamides is 1. The first-order valence-electron chi connectivity index (χ1n) is 6.38. The molecular formula is C13H19ClN2O3S. The van der Waals surface area contributed by atoms with Crippen LogP contribution in [0.2, 0.25) is 5.02 Å². The molecule has 0 aromatic heterocycles. The van der Waals surface area contributed by atoms with Crippen LogP contribution in [0.4, 0.5) is 0 Å². The van der Waals surface area contributed by atoms with Crippen molar-refractivity contribution in [3.63, 3.8) is 0 Å². The lowest BCUT2D eigenvalue weighted by molar-refractivity contribution is -0.121. The van der Waals surface area contributed by atoms with Gasteiger partial charge >= 0.3 is 0 Å². The molecule has 112 valence electrons. The van der Waals surface area contributed by atoms with Crippen LogP contribution in [-0.2, 0) is 20.6 Å². The van der Waals surface area contributed by atoms with Crippen LogP contribution in [0.5, 0.6) is 0 Å². The highest BCUT2D eigenvalue weighted by atomic mass is 35.5. The normalized spacial score (nSPS) is 11.6. The molecule has 0 fully saturated rings. The Labute approximate surface area is 125 Å². The molecule has 0 saturated heterocycles. The lowest BCUT2D eigenvalue weighted by Crippen LogP contribution is -2.41. The Kier molecular flexibility index (Phi) is 6.45. The van der Waals surface area contributed by atoms with Gasteiger partial charge in [-0.2, -0.15) is 4.31 Å². The highest BCUT2D eigenvalue weighted by Crippen LogP contribution is 2.19. The van der Waals surface area contributed by atoms with E-state index in [2.05, 4.69) is 5.32 Å². The van der Waals surface area contributed by atoms with Gasteiger partial charge in [0.15, 0.2) is 0 Å². The molecule has 1 aromatic carbocycles. The molecule has 5 nitrogen and oxygen atoms in total. The Morgan fingerprint density at radius 2 is 1.95 bits per heavy atom. The molecule has 0 atom stereocenters. The summed E-state index contributed by atoms with van der Waals surface area (Å²) >= 11 is 5.97. The van der Waals surface area contributed by atoms with Gasteiger partial charge in [0.05, 0.1) is 12.3 Å². The summed E-state index contributed by atoms with van der Waals surface area (Å²) < 4.78 is 25.8. The van der Waals surface area contributed by atoms with Gasteiger partial charge in [0.25, 0.3) is 0 Å². The van der Waals surface area contributed by atoms with Gasteiger partial charge in [-0.25, -0.2) is 8.42 Å². The summed E-state index contributed by atoms with van der Waals surface area (Å²) in [6, 6.07) is 6.79. The van der Waals surface area contributed by atoms with Crippen molar-refractivity contribution in [3.8, 4) is 0 Å². The Morgan fingerprint density at radius 1 is 1.30 bits per heavy atom. The number of nitrogens with one attached hydrogen (secondary N) is 1. The highest BCUT2D eigenvalue weighted by molar-refractivity contribution is 7.88. The molecule has 7 heteroatoms. The molecule has 0 heterocycles. The van der Waals surface area contributed by atoms with Crippen molar-refractivity contribution >= 4 is 27.5 Å². The fourth-order valence-corrected chi connectivity index (χ4v) is 3.54.